The maximum absolute atomic E-state index is 12.3. The van der Waals surface area contributed by atoms with E-state index in [0.29, 0.717) is 0 Å². The van der Waals surface area contributed by atoms with Crippen molar-refractivity contribution in [1.29, 1.82) is 0 Å². The SMILES string of the molecule is FC(F)=C(F)C1=CC=CC1. The van der Waals surface area contributed by atoms with Crippen LogP contribution in [-0.4, -0.2) is 0 Å². The van der Waals surface area contributed by atoms with Gasteiger partial charge in [0.2, 0.25) is 0 Å². The van der Waals surface area contributed by atoms with Gasteiger partial charge in [-0.15, -0.1) is 0 Å². The van der Waals surface area contributed by atoms with E-state index >= 15 is 0 Å². The first-order valence-electron chi connectivity index (χ1n) is 2.78. The lowest BCUT2D eigenvalue weighted by Gasteiger charge is -1.93. The molecule has 10 heavy (non-hydrogen) atoms. The Hall–Kier alpha value is -0.990. The van der Waals surface area contributed by atoms with Gasteiger partial charge in [-0.25, -0.2) is 4.39 Å². The summed E-state index contributed by atoms with van der Waals surface area (Å²) in [6.07, 6.45) is 2.54. The van der Waals surface area contributed by atoms with Crippen LogP contribution in [0.3, 0.4) is 0 Å². The summed E-state index contributed by atoms with van der Waals surface area (Å²) < 4.78 is 35.3. The molecule has 0 aromatic heterocycles. The molecule has 3 heteroatoms. The fourth-order valence-corrected chi connectivity index (χ4v) is 0.731. The Bertz CT molecular complexity index is 219. The first-order valence-corrected chi connectivity index (χ1v) is 2.78. The van der Waals surface area contributed by atoms with Gasteiger partial charge < -0.3 is 0 Å². The zero-order chi connectivity index (χ0) is 7.56. The number of hydrogen-bond donors (Lipinski definition) is 0. The highest BCUT2D eigenvalue weighted by Gasteiger charge is 2.11. The van der Waals surface area contributed by atoms with Crippen molar-refractivity contribution < 1.29 is 13.2 Å². The van der Waals surface area contributed by atoms with Gasteiger partial charge in [-0.05, 0) is 12.0 Å². The van der Waals surface area contributed by atoms with E-state index in [0.717, 1.165) is 0 Å². The highest BCUT2D eigenvalue weighted by molar-refractivity contribution is 5.35. The van der Waals surface area contributed by atoms with E-state index in [1.165, 1.54) is 6.08 Å². The Morgan fingerprint density at radius 1 is 1.30 bits per heavy atom. The van der Waals surface area contributed by atoms with Crippen LogP contribution in [0, 0.1) is 0 Å². The predicted octanol–water partition coefficient (Wildman–Crippen LogP) is 2.95. The van der Waals surface area contributed by atoms with Gasteiger partial charge in [-0.1, -0.05) is 18.2 Å². The second-order valence-corrected chi connectivity index (χ2v) is 1.90. The Morgan fingerprint density at radius 3 is 2.40 bits per heavy atom. The second-order valence-electron chi connectivity index (χ2n) is 1.90. The van der Waals surface area contributed by atoms with Crippen LogP contribution in [0.4, 0.5) is 13.2 Å². The van der Waals surface area contributed by atoms with Gasteiger partial charge in [0.25, 0.3) is 0 Å². The lowest BCUT2D eigenvalue weighted by Crippen LogP contribution is -1.79. The average Bonchev–Trinajstić information content (AvgIpc) is 2.36. The van der Waals surface area contributed by atoms with Crippen molar-refractivity contribution in [3.05, 3.63) is 35.7 Å². The van der Waals surface area contributed by atoms with Gasteiger partial charge in [0, 0.05) is 0 Å². The summed E-state index contributed by atoms with van der Waals surface area (Å²) >= 11 is 0. The molecule has 0 aromatic carbocycles. The summed E-state index contributed by atoms with van der Waals surface area (Å²) in [6.45, 7) is 0. The van der Waals surface area contributed by atoms with Crippen molar-refractivity contribution in [2.75, 3.05) is 0 Å². The summed E-state index contributed by atoms with van der Waals surface area (Å²) in [4.78, 5) is 0. The highest BCUT2D eigenvalue weighted by Crippen LogP contribution is 2.24. The van der Waals surface area contributed by atoms with Crippen LogP contribution in [0.2, 0.25) is 0 Å². The maximum atomic E-state index is 12.3. The van der Waals surface area contributed by atoms with Crippen molar-refractivity contribution in [1.82, 2.24) is 0 Å². The van der Waals surface area contributed by atoms with Crippen molar-refractivity contribution in [2.24, 2.45) is 0 Å². The third kappa shape index (κ3) is 1.29. The van der Waals surface area contributed by atoms with E-state index in [1.54, 1.807) is 12.2 Å². The number of allylic oxidation sites excluding steroid dienone is 5. The molecule has 0 fully saturated rings. The molecule has 0 aromatic rings. The largest absolute Gasteiger partial charge is 0.306 e. The zero-order valence-electron chi connectivity index (χ0n) is 5.07. The van der Waals surface area contributed by atoms with Gasteiger partial charge in [0.05, 0.1) is 0 Å². The molecule has 0 saturated carbocycles. The Balaban J connectivity index is 2.77. The van der Waals surface area contributed by atoms with E-state index in [9.17, 15) is 13.2 Å². The molecule has 0 spiro atoms. The quantitative estimate of drug-likeness (QED) is 0.533. The lowest BCUT2D eigenvalue weighted by molar-refractivity contribution is 0.383. The molecule has 1 aliphatic carbocycles. The number of hydrogen-bond acceptors (Lipinski definition) is 0. The summed E-state index contributed by atoms with van der Waals surface area (Å²) in [7, 11) is 0. The molecule has 0 heterocycles. The van der Waals surface area contributed by atoms with Gasteiger partial charge in [0.15, 0.2) is 5.83 Å². The fourth-order valence-electron chi connectivity index (χ4n) is 0.731. The monoisotopic (exact) mass is 146 g/mol. The molecule has 54 valence electrons. The van der Waals surface area contributed by atoms with Crippen LogP contribution < -0.4 is 0 Å². The minimum atomic E-state index is -2.24. The van der Waals surface area contributed by atoms with Crippen molar-refractivity contribution in [3.63, 3.8) is 0 Å². The minimum absolute atomic E-state index is 0.0556. The van der Waals surface area contributed by atoms with Gasteiger partial charge in [0.1, 0.15) is 0 Å². The summed E-state index contributed by atoms with van der Waals surface area (Å²) in [5.41, 5.74) is 0.0556. The third-order valence-corrected chi connectivity index (χ3v) is 1.22. The molecule has 1 rings (SSSR count). The fraction of sp³-hybridized carbons (Fsp3) is 0.143. The molecule has 0 amide bonds. The number of rotatable bonds is 1. The molecule has 0 radical (unpaired) electrons. The zero-order valence-corrected chi connectivity index (χ0v) is 5.07. The van der Waals surface area contributed by atoms with E-state index in [-0.39, 0.29) is 12.0 Å². The lowest BCUT2D eigenvalue weighted by atomic mass is 10.2. The predicted molar refractivity (Wildman–Crippen MR) is 32.2 cm³/mol. The summed E-state index contributed by atoms with van der Waals surface area (Å²) in [5, 5.41) is 0. The first-order chi connectivity index (χ1) is 4.72. The van der Waals surface area contributed by atoms with Crippen LogP contribution in [-0.2, 0) is 0 Å². The first kappa shape index (κ1) is 7.12. The molecular weight excluding hydrogens is 141 g/mol. The normalized spacial score (nSPS) is 15.3. The molecule has 0 unspecified atom stereocenters. The third-order valence-electron chi connectivity index (χ3n) is 1.22. The van der Waals surface area contributed by atoms with Crippen LogP contribution in [0.25, 0.3) is 0 Å². The molecule has 1 aliphatic rings. The summed E-state index contributed by atoms with van der Waals surface area (Å²) in [6, 6.07) is 0. The van der Waals surface area contributed by atoms with E-state index in [2.05, 4.69) is 0 Å². The maximum Gasteiger partial charge on any atom is 0.306 e. The Morgan fingerprint density at radius 2 is 2.00 bits per heavy atom. The van der Waals surface area contributed by atoms with Crippen molar-refractivity contribution >= 4 is 0 Å². The van der Waals surface area contributed by atoms with E-state index < -0.39 is 11.9 Å². The van der Waals surface area contributed by atoms with Crippen molar-refractivity contribution in [2.45, 2.75) is 6.42 Å². The second kappa shape index (κ2) is 2.73. The number of halogens is 3. The Labute approximate surface area is 56.4 Å². The van der Waals surface area contributed by atoms with Crippen LogP contribution in [0.5, 0.6) is 0 Å². The molecule has 0 nitrogen and oxygen atoms in total. The van der Waals surface area contributed by atoms with Crippen LogP contribution >= 0.6 is 0 Å². The minimum Gasteiger partial charge on any atom is -0.201 e. The molecular formula is C7H5F3. The van der Waals surface area contributed by atoms with Gasteiger partial charge in [-0.3, -0.25) is 0 Å². The molecule has 0 N–H and O–H groups in total. The Kier molecular flexibility index (Phi) is 1.94. The van der Waals surface area contributed by atoms with Crippen LogP contribution in [0.1, 0.15) is 6.42 Å². The molecule has 0 atom stereocenters. The van der Waals surface area contributed by atoms with E-state index in [1.807, 2.05) is 0 Å². The van der Waals surface area contributed by atoms with E-state index in [4.69, 9.17) is 0 Å². The molecule has 0 bridgehead atoms. The van der Waals surface area contributed by atoms with Gasteiger partial charge in [-0.2, -0.15) is 8.78 Å². The summed E-state index contributed by atoms with van der Waals surface area (Å²) in [5.74, 6) is -1.38. The topological polar surface area (TPSA) is 0 Å². The van der Waals surface area contributed by atoms with Crippen molar-refractivity contribution in [3.8, 4) is 0 Å². The molecule has 0 aliphatic heterocycles. The van der Waals surface area contributed by atoms with Gasteiger partial charge >= 0.3 is 6.08 Å². The average molecular weight is 146 g/mol. The smallest absolute Gasteiger partial charge is 0.201 e. The highest BCUT2D eigenvalue weighted by atomic mass is 19.3. The van der Waals surface area contributed by atoms with Crippen LogP contribution in [0.15, 0.2) is 35.7 Å². The standard InChI is InChI=1S/C7H5F3/c8-6(7(9)10)5-3-1-2-4-5/h1-3H,4H2. The molecule has 0 saturated heterocycles.